The van der Waals surface area contributed by atoms with E-state index in [2.05, 4.69) is 17.6 Å². The van der Waals surface area contributed by atoms with Gasteiger partial charge in [-0.1, -0.05) is 12.8 Å². The van der Waals surface area contributed by atoms with Gasteiger partial charge in [0.2, 0.25) is 0 Å². The lowest BCUT2D eigenvalue weighted by Gasteiger charge is -2.54. The molecule has 1 saturated heterocycles. The molecule has 0 bridgehead atoms. The van der Waals surface area contributed by atoms with E-state index in [1.54, 1.807) is 6.26 Å². The molecule has 2 heterocycles. The zero-order valence-electron chi connectivity index (χ0n) is 17.1. The van der Waals surface area contributed by atoms with Gasteiger partial charge in [0.05, 0.1) is 19.0 Å². The number of furan rings is 1. The van der Waals surface area contributed by atoms with Crippen LogP contribution in [-0.4, -0.2) is 51.0 Å². The molecule has 4 rings (SSSR count). The molecule has 28 heavy (non-hydrogen) atoms. The Morgan fingerprint density at radius 1 is 1.36 bits per heavy atom. The summed E-state index contributed by atoms with van der Waals surface area (Å²) in [4.78, 5) is 4.91. The average molecular weight is 390 g/mol. The SMILES string of the molecule is CCOC1CC(NC(=NCC2CCOC2)NCCc2ccco2)C12CCCC2. The summed E-state index contributed by atoms with van der Waals surface area (Å²) in [6, 6.07) is 4.42. The highest BCUT2D eigenvalue weighted by atomic mass is 16.5. The van der Waals surface area contributed by atoms with Crippen molar-refractivity contribution in [3.63, 3.8) is 0 Å². The molecule has 1 spiro atoms. The van der Waals surface area contributed by atoms with E-state index in [9.17, 15) is 0 Å². The van der Waals surface area contributed by atoms with E-state index in [4.69, 9.17) is 18.9 Å². The molecule has 2 aliphatic carbocycles. The van der Waals surface area contributed by atoms with Crippen LogP contribution in [0.3, 0.4) is 0 Å². The summed E-state index contributed by atoms with van der Waals surface area (Å²) in [5.74, 6) is 2.48. The smallest absolute Gasteiger partial charge is 0.191 e. The molecule has 6 heteroatoms. The Balaban J connectivity index is 1.37. The van der Waals surface area contributed by atoms with Gasteiger partial charge in [-0.05, 0) is 44.7 Å². The molecule has 3 fully saturated rings. The van der Waals surface area contributed by atoms with Crippen molar-refractivity contribution in [2.24, 2.45) is 16.3 Å². The first kappa shape index (κ1) is 19.8. The number of nitrogens with zero attached hydrogens (tertiary/aromatic N) is 1. The fraction of sp³-hybridized carbons (Fsp3) is 0.773. The fourth-order valence-corrected chi connectivity index (χ4v) is 5.11. The Hall–Kier alpha value is -1.53. The highest BCUT2D eigenvalue weighted by Gasteiger charge is 2.56. The summed E-state index contributed by atoms with van der Waals surface area (Å²) >= 11 is 0. The molecule has 3 unspecified atom stereocenters. The molecule has 3 aliphatic rings. The van der Waals surface area contributed by atoms with Crippen LogP contribution in [0.5, 0.6) is 0 Å². The third-order valence-corrected chi connectivity index (χ3v) is 6.77. The van der Waals surface area contributed by atoms with Gasteiger partial charge in [0.1, 0.15) is 5.76 Å². The molecule has 0 radical (unpaired) electrons. The first-order valence-electron chi connectivity index (χ1n) is 11.1. The lowest BCUT2D eigenvalue weighted by molar-refractivity contribution is -0.125. The van der Waals surface area contributed by atoms with Crippen LogP contribution in [0.1, 0.15) is 51.2 Å². The van der Waals surface area contributed by atoms with Crippen LogP contribution < -0.4 is 10.6 Å². The predicted octanol–water partition coefficient (Wildman–Crippen LogP) is 3.13. The fourth-order valence-electron chi connectivity index (χ4n) is 5.11. The highest BCUT2D eigenvalue weighted by Crippen LogP contribution is 2.54. The largest absolute Gasteiger partial charge is 0.469 e. The highest BCUT2D eigenvalue weighted by molar-refractivity contribution is 5.80. The maximum atomic E-state index is 6.07. The first-order chi connectivity index (χ1) is 13.8. The van der Waals surface area contributed by atoms with Gasteiger partial charge in [-0.3, -0.25) is 4.99 Å². The number of guanidine groups is 1. The van der Waals surface area contributed by atoms with Gasteiger partial charge in [0.25, 0.3) is 0 Å². The van der Waals surface area contributed by atoms with Crippen LogP contribution in [0.25, 0.3) is 0 Å². The van der Waals surface area contributed by atoms with Crippen LogP contribution in [0.15, 0.2) is 27.8 Å². The number of nitrogens with one attached hydrogen (secondary N) is 2. The Kier molecular flexibility index (Phi) is 6.58. The molecule has 2 N–H and O–H groups in total. The summed E-state index contributed by atoms with van der Waals surface area (Å²) < 4.78 is 17.0. The van der Waals surface area contributed by atoms with Gasteiger partial charge < -0.3 is 24.5 Å². The van der Waals surface area contributed by atoms with Crippen molar-refractivity contribution in [2.45, 2.75) is 64.0 Å². The van der Waals surface area contributed by atoms with E-state index in [1.807, 2.05) is 12.1 Å². The molecular weight excluding hydrogens is 354 g/mol. The molecule has 0 amide bonds. The van der Waals surface area contributed by atoms with Crippen molar-refractivity contribution in [3.05, 3.63) is 24.2 Å². The van der Waals surface area contributed by atoms with Crippen molar-refractivity contribution in [3.8, 4) is 0 Å². The van der Waals surface area contributed by atoms with E-state index in [0.717, 1.165) is 63.9 Å². The molecule has 1 aliphatic heterocycles. The normalized spacial score (nSPS) is 29.2. The minimum atomic E-state index is 0.302. The summed E-state index contributed by atoms with van der Waals surface area (Å²) in [5.41, 5.74) is 0.302. The standard InChI is InChI=1S/C22H35N3O3/c1-2-27-20-14-19(22(20)9-3-4-10-22)25-21(24-15-17-8-13-26-16-17)23-11-7-18-6-5-12-28-18/h5-6,12,17,19-20H,2-4,7-11,13-16H2,1H3,(H2,23,24,25). The minimum Gasteiger partial charge on any atom is -0.469 e. The molecule has 3 atom stereocenters. The second-order valence-corrected chi connectivity index (χ2v) is 8.49. The van der Waals surface area contributed by atoms with Crippen LogP contribution in [0.2, 0.25) is 0 Å². The van der Waals surface area contributed by atoms with Gasteiger partial charge in [0, 0.05) is 50.1 Å². The van der Waals surface area contributed by atoms with Crippen LogP contribution >= 0.6 is 0 Å². The lowest BCUT2D eigenvalue weighted by Crippen LogP contribution is -2.65. The molecule has 6 nitrogen and oxygen atoms in total. The number of hydrogen-bond donors (Lipinski definition) is 2. The van der Waals surface area contributed by atoms with E-state index >= 15 is 0 Å². The van der Waals surface area contributed by atoms with Crippen molar-refractivity contribution < 1.29 is 13.9 Å². The molecule has 0 aromatic carbocycles. The van der Waals surface area contributed by atoms with Crippen LogP contribution in [0, 0.1) is 11.3 Å². The molecule has 156 valence electrons. The predicted molar refractivity (Wildman–Crippen MR) is 109 cm³/mol. The molecule has 2 saturated carbocycles. The molecular formula is C22H35N3O3. The number of ether oxygens (including phenoxy) is 2. The summed E-state index contributed by atoms with van der Waals surface area (Å²) in [6.45, 7) is 6.26. The van der Waals surface area contributed by atoms with Crippen molar-refractivity contribution >= 4 is 5.96 Å². The zero-order valence-corrected chi connectivity index (χ0v) is 17.1. The maximum Gasteiger partial charge on any atom is 0.191 e. The average Bonchev–Trinajstić information content (AvgIpc) is 3.48. The Bertz CT molecular complexity index is 619. The van der Waals surface area contributed by atoms with E-state index in [1.165, 1.54) is 25.7 Å². The summed E-state index contributed by atoms with van der Waals surface area (Å²) in [5, 5.41) is 7.30. The summed E-state index contributed by atoms with van der Waals surface area (Å²) in [7, 11) is 0. The second-order valence-electron chi connectivity index (χ2n) is 8.49. The second kappa shape index (κ2) is 9.31. The Morgan fingerprint density at radius 2 is 2.25 bits per heavy atom. The number of rotatable bonds is 8. The monoisotopic (exact) mass is 389 g/mol. The van der Waals surface area contributed by atoms with Gasteiger partial charge in [-0.25, -0.2) is 0 Å². The Labute approximate surface area is 168 Å². The van der Waals surface area contributed by atoms with Crippen LogP contribution in [-0.2, 0) is 15.9 Å². The summed E-state index contributed by atoms with van der Waals surface area (Å²) in [6.07, 6.45) is 10.4. The topological polar surface area (TPSA) is 68.0 Å². The van der Waals surface area contributed by atoms with Gasteiger partial charge >= 0.3 is 0 Å². The van der Waals surface area contributed by atoms with Crippen LogP contribution in [0.4, 0.5) is 0 Å². The van der Waals surface area contributed by atoms with E-state index in [0.29, 0.717) is 23.5 Å². The van der Waals surface area contributed by atoms with Crippen molar-refractivity contribution in [1.29, 1.82) is 0 Å². The number of hydrogen-bond acceptors (Lipinski definition) is 4. The zero-order chi connectivity index (χ0) is 19.2. The third-order valence-electron chi connectivity index (χ3n) is 6.77. The quantitative estimate of drug-likeness (QED) is 0.528. The third kappa shape index (κ3) is 4.38. The molecule has 1 aromatic rings. The first-order valence-corrected chi connectivity index (χ1v) is 11.1. The van der Waals surface area contributed by atoms with E-state index < -0.39 is 0 Å². The van der Waals surface area contributed by atoms with Gasteiger partial charge in [-0.15, -0.1) is 0 Å². The van der Waals surface area contributed by atoms with Crippen molar-refractivity contribution in [1.82, 2.24) is 10.6 Å². The molecule has 1 aromatic heterocycles. The number of aliphatic imine (C=N–C) groups is 1. The maximum absolute atomic E-state index is 6.07. The van der Waals surface area contributed by atoms with Gasteiger partial charge in [-0.2, -0.15) is 0 Å². The minimum absolute atomic E-state index is 0.302. The van der Waals surface area contributed by atoms with Crippen molar-refractivity contribution in [2.75, 3.05) is 32.9 Å². The van der Waals surface area contributed by atoms with Gasteiger partial charge in [0.15, 0.2) is 5.96 Å². The Morgan fingerprint density at radius 3 is 2.96 bits per heavy atom. The lowest BCUT2D eigenvalue weighted by atomic mass is 9.60. The van der Waals surface area contributed by atoms with E-state index in [-0.39, 0.29) is 0 Å².